The molecule has 0 bridgehead atoms. The number of carbonyl (C=O) groups excluding carboxylic acids is 1. The summed E-state index contributed by atoms with van der Waals surface area (Å²) in [5.74, 6) is 0.300. The van der Waals surface area contributed by atoms with Crippen molar-refractivity contribution < 1.29 is 4.79 Å². The van der Waals surface area contributed by atoms with Gasteiger partial charge in [-0.2, -0.15) is 0 Å². The molecule has 1 aliphatic heterocycles. The molecule has 1 amide bonds. The van der Waals surface area contributed by atoms with E-state index in [2.05, 4.69) is 38.3 Å². The fraction of sp³-hybridized carbons (Fsp3) is 0.944. The Labute approximate surface area is 131 Å². The second-order valence-electron chi connectivity index (χ2n) is 7.58. The lowest BCUT2D eigenvalue weighted by Crippen LogP contribution is -2.49. The molecule has 1 rings (SSSR count). The van der Waals surface area contributed by atoms with Gasteiger partial charge in [0.25, 0.3) is 0 Å². The molecule has 0 aromatic carbocycles. The first kappa shape index (κ1) is 18.5. The Morgan fingerprint density at radius 2 is 1.81 bits per heavy atom. The molecule has 2 N–H and O–H groups in total. The van der Waals surface area contributed by atoms with E-state index in [0.717, 1.165) is 45.3 Å². The first-order valence-corrected chi connectivity index (χ1v) is 8.95. The Morgan fingerprint density at radius 1 is 1.14 bits per heavy atom. The third-order valence-corrected chi connectivity index (χ3v) is 4.96. The molecule has 0 radical (unpaired) electrons. The Balaban J connectivity index is 2.49. The highest BCUT2D eigenvalue weighted by molar-refractivity contribution is 5.82. The number of hydrogen-bond acceptors (Lipinski definition) is 2. The van der Waals surface area contributed by atoms with Crippen LogP contribution in [0.4, 0.5) is 0 Å². The molecule has 0 aromatic rings. The van der Waals surface area contributed by atoms with Gasteiger partial charge in [0, 0.05) is 6.54 Å². The average Bonchev–Trinajstić information content (AvgIpc) is 2.46. The van der Waals surface area contributed by atoms with Crippen molar-refractivity contribution in [1.82, 2.24) is 10.6 Å². The predicted octanol–water partition coefficient (Wildman–Crippen LogP) is 3.88. The van der Waals surface area contributed by atoms with Crippen molar-refractivity contribution in [2.75, 3.05) is 19.6 Å². The fourth-order valence-electron chi connectivity index (χ4n) is 3.42. The van der Waals surface area contributed by atoms with E-state index in [0.29, 0.717) is 5.91 Å². The van der Waals surface area contributed by atoms with Crippen LogP contribution in [0.5, 0.6) is 0 Å². The number of carbonyl (C=O) groups is 1. The van der Waals surface area contributed by atoms with E-state index in [4.69, 9.17) is 0 Å². The van der Waals surface area contributed by atoms with Crippen LogP contribution in [0, 0.1) is 10.8 Å². The molecular formula is C18H36N2O. The number of hydrogen-bond donors (Lipinski definition) is 2. The number of amides is 1. The summed E-state index contributed by atoms with van der Waals surface area (Å²) in [4.78, 5) is 12.7. The molecule has 3 nitrogen and oxygen atoms in total. The molecule has 21 heavy (non-hydrogen) atoms. The second kappa shape index (κ2) is 8.77. The van der Waals surface area contributed by atoms with E-state index in [1.54, 1.807) is 0 Å². The Morgan fingerprint density at radius 3 is 2.38 bits per heavy atom. The summed E-state index contributed by atoms with van der Waals surface area (Å²) >= 11 is 0. The molecule has 0 unspecified atom stereocenters. The minimum Gasteiger partial charge on any atom is -0.355 e. The van der Waals surface area contributed by atoms with Gasteiger partial charge in [0.15, 0.2) is 0 Å². The van der Waals surface area contributed by atoms with Crippen molar-refractivity contribution in [3.63, 3.8) is 0 Å². The van der Waals surface area contributed by atoms with Crippen LogP contribution in [-0.2, 0) is 4.79 Å². The van der Waals surface area contributed by atoms with Crippen molar-refractivity contribution in [3.8, 4) is 0 Å². The third-order valence-electron chi connectivity index (χ3n) is 4.96. The number of piperidine rings is 1. The first-order valence-electron chi connectivity index (χ1n) is 8.95. The molecule has 0 aliphatic carbocycles. The maximum absolute atomic E-state index is 12.7. The summed E-state index contributed by atoms with van der Waals surface area (Å²) in [6.07, 6.45) is 9.11. The summed E-state index contributed by atoms with van der Waals surface area (Å²) < 4.78 is 0. The van der Waals surface area contributed by atoms with Crippen LogP contribution in [0.2, 0.25) is 0 Å². The maximum atomic E-state index is 12.7. The topological polar surface area (TPSA) is 41.1 Å². The van der Waals surface area contributed by atoms with Crippen molar-refractivity contribution in [1.29, 1.82) is 0 Å². The van der Waals surface area contributed by atoms with E-state index in [1.807, 2.05) is 0 Å². The van der Waals surface area contributed by atoms with E-state index in [9.17, 15) is 4.79 Å². The lowest BCUT2D eigenvalue weighted by molar-refractivity contribution is -0.133. The molecule has 0 saturated carbocycles. The summed E-state index contributed by atoms with van der Waals surface area (Å²) in [7, 11) is 0. The summed E-state index contributed by atoms with van der Waals surface area (Å²) in [5.41, 5.74) is 0.102. The molecule has 3 heteroatoms. The minimum absolute atomic E-state index is 0.112. The zero-order valence-electron chi connectivity index (χ0n) is 14.7. The number of nitrogens with one attached hydrogen (secondary N) is 2. The van der Waals surface area contributed by atoms with E-state index in [1.165, 1.54) is 25.7 Å². The average molecular weight is 296 g/mol. The fourth-order valence-corrected chi connectivity index (χ4v) is 3.42. The molecule has 0 atom stereocenters. The van der Waals surface area contributed by atoms with Crippen molar-refractivity contribution in [2.45, 2.75) is 79.1 Å². The van der Waals surface area contributed by atoms with Crippen LogP contribution in [0.15, 0.2) is 0 Å². The molecule has 0 aromatic heterocycles. The van der Waals surface area contributed by atoms with Crippen LogP contribution in [-0.4, -0.2) is 25.5 Å². The minimum atomic E-state index is -0.112. The molecule has 1 fully saturated rings. The SMILES string of the molecule is CCCCCC(C)(C)CNC(=O)C1(CCC)CCNCC1. The summed E-state index contributed by atoms with van der Waals surface area (Å²) in [5, 5.41) is 6.66. The van der Waals surface area contributed by atoms with Crippen molar-refractivity contribution in [3.05, 3.63) is 0 Å². The third kappa shape index (κ3) is 5.98. The normalized spacial score (nSPS) is 18.5. The van der Waals surface area contributed by atoms with E-state index < -0.39 is 0 Å². The van der Waals surface area contributed by atoms with Crippen LogP contribution < -0.4 is 10.6 Å². The summed E-state index contributed by atoms with van der Waals surface area (Å²) in [6.45, 7) is 11.7. The molecule has 0 spiro atoms. The Kier molecular flexibility index (Phi) is 7.72. The van der Waals surface area contributed by atoms with Crippen LogP contribution in [0.25, 0.3) is 0 Å². The van der Waals surface area contributed by atoms with Gasteiger partial charge in [0.05, 0.1) is 5.41 Å². The lowest BCUT2D eigenvalue weighted by Gasteiger charge is -2.37. The highest BCUT2D eigenvalue weighted by Crippen LogP contribution is 2.34. The molecular weight excluding hydrogens is 260 g/mol. The molecule has 1 heterocycles. The van der Waals surface area contributed by atoms with Crippen molar-refractivity contribution >= 4 is 5.91 Å². The van der Waals surface area contributed by atoms with Crippen molar-refractivity contribution in [2.24, 2.45) is 10.8 Å². The largest absolute Gasteiger partial charge is 0.355 e. The molecule has 124 valence electrons. The van der Waals surface area contributed by atoms with Crippen LogP contribution in [0.1, 0.15) is 79.1 Å². The zero-order valence-corrected chi connectivity index (χ0v) is 14.7. The van der Waals surface area contributed by atoms with Crippen LogP contribution >= 0.6 is 0 Å². The monoisotopic (exact) mass is 296 g/mol. The number of unbranched alkanes of at least 4 members (excludes halogenated alkanes) is 2. The van der Waals surface area contributed by atoms with E-state index >= 15 is 0 Å². The Hall–Kier alpha value is -0.570. The Bertz CT molecular complexity index is 301. The maximum Gasteiger partial charge on any atom is 0.226 e. The highest BCUT2D eigenvalue weighted by atomic mass is 16.2. The van der Waals surface area contributed by atoms with Gasteiger partial charge >= 0.3 is 0 Å². The smallest absolute Gasteiger partial charge is 0.226 e. The van der Waals surface area contributed by atoms with Gasteiger partial charge in [-0.05, 0) is 44.2 Å². The van der Waals surface area contributed by atoms with Gasteiger partial charge in [-0.1, -0.05) is 53.4 Å². The van der Waals surface area contributed by atoms with Gasteiger partial charge in [0.2, 0.25) is 5.91 Å². The zero-order chi connectivity index (χ0) is 15.8. The van der Waals surface area contributed by atoms with E-state index in [-0.39, 0.29) is 10.8 Å². The molecule has 1 aliphatic rings. The first-order chi connectivity index (χ1) is 9.96. The second-order valence-corrected chi connectivity index (χ2v) is 7.58. The van der Waals surface area contributed by atoms with Gasteiger partial charge < -0.3 is 10.6 Å². The lowest BCUT2D eigenvalue weighted by atomic mass is 9.74. The van der Waals surface area contributed by atoms with Gasteiger partial charge in [0.1, 0.15) is 0 Å². The van der Waals surface area contributed by atoms with Gasteiger partial charge in [-0.15, -0.1) is 0 Å². The number of rotatable bonds is 9. The molecule has 1 saturated heterocycles. The highest BCUT2D eigenvalue weighted by Gasteiger charge is 2.38. The van der Waals surface area contributed by atoms with Gasteiger partial charge in [-0.3, -0.25) is 4.79 Å². The quantitative estimate of drug-likeness (QED) is 0.634. The predicted molar refractivity (Wildman–Crippen MR) is 90.4 cm³/mol. The van der Waals surface area contributed by atoms with Gasteiger partial charge in [-0.25, -0.2) is 0 Å². The standard InChI is InChI=1S/C18H36N2O/c1-5-7-8-10-17(3,4)15-20-16(21)18(9-6-2)11-13-19-14-12-18/h19H,5-15H2,1-4H3,(H,20,21). The van der Waals surface area contributed by atoms with Crippen LogP contribution in [0.3, 0.4) is 0 Å². The summed E-state index contributed by atoms with van der Waals surface area (Å²) in [6, 6.07) is 0.